The minimum Gasteiger partial charge on any atom is -0.456 e. The number of rotatable bonds is 9. The fourth-order valence-electron chi connectivity index (χ4n) is 18.2. The average Bonchev–Trinajstić information content (AvgIpc) is 1.52. The van der Waals surface area contributed by atoms with Crippen LogP contribution in [0.1, 0.15) is 25.0 Å². The number of pyridine rings is 2. The van der Waals surface area contributed by atoms with Gasteiger partial charge in [0.2, 0.25) is 0 Å². The van der Waals surface area contributed by atoms with Gasteiger partial charge in [-0.05, 0) is 192 Å². The fraction of sp³-hybridized carbons (Fsp3) is 0.0265. The molecule has 25 rings (SSSR count). The Hall–Kier alpha value is -16.1. The summed E-state index contributed by atoms with van der Waals surface area (Å²) in [7, 11) is 0. The number of aromatic nitrogens is 6. The molecule has 1 aliphatic rings. The summed E-state index contributed by atoms with van der Waals surface area (Å²) in [5, 5.41) is 12.7. The Labute approximate surface area is 701 Å². The van der Waals surface area contributed by atoms with Crippen molar-refractivity contribution in [2.45, 2.75) is 19.3 Å². The molecule has 0 bridgehead atoms. The summed E-state index contributed by atoms with van der Waals surface area (Å²) in [4.78, 5) is 30.6. The van der Waals surface area contributed by atoms with Gasteiger partial charge in [-0.1, -0.05) is 293 Å². The van der Waals surface area contributed by atoms with Gasteiger partial charge >= 0.3 is 0 Å². The first kappa shape index (κ1) is 71.2. The molecular formula is C113H72N6O3. The van der Waals surface area contributed by atoms with Crippen LogP contribution in [0.4, 0.5) is 0 Å². The third-order valence-corrected chi connectivity index (χ3v) is 24.2. The molecule has 0 fully saturated rings. The van der Waals surface area contributed by atoms with Crippen LogP contribution in [0.3, 0.4) is 0 Å². The first-order chi connectivity index (χ1) is 60.2. The molecule has 0 spiro atoms. The van der Waals surface area contributed by atoms with Crippen LogP contribution in [0, 0.1) is 0 Å². The van der Waals surface area contributed by atoms with E-state index in [4.69, 9.17) is 43.2 Å². The van der Waals surface area contributed by atoms with E-state index >= 15 is 0 Å². The van der Waals surface area contributed by atoms with Crippen molar-refractivity contribution in [3.05, 3.63) is 412 Å². The molecule has 7 aromatic heterocycles. The van der Waals surface area contributed by atoms with E-state index in [1.54, 1.807) is 0 Å². The fourth-order valence-corrected chi connectivity index (χ4v) is 18.2. The maximum absolute atomic E-state index is 6.23. The topological polar surface area (TPSA) is 117 Å². The number of para-hydroxylation sites is 3. The molecule has 0 atom stereocenters. The number of hydrogen-bond donors (Lipinski definition) is 0. The van der Waals surface area contributed by atoms with Gasteiger partial charge in [-0.25, -0.2) is 24.9 Å². The molecule has 17 aromatic carbocycles. The van der Waals surface area contributed by atoms with Crippen molar-refractivity contribution in [2.24, 2.45) is 0 Å². The summed E-state index contributed by atoms with van der Waals surface area (Å²) < 4.78 is 18.3. The van der Waals surface area contributed by atoms with Crippen LogP contribution in [0.2, 0.25) is 0 Å². The molecule has 9 heteroatoms. The number of nitrogens with zero attached hydrogens (tertiary/aromatic N) is 6. The molecule has 0 unspecified atom stereocenters. The predicted molar refractivity (Wildman–Crippen MR) is 502 cm³/mol. The van der Waals surface area contributed by atoms with Gasteiger partial charge < -0.3 is 13.3 Å². The summed E-state index contributed by atoms with van der Waals surface area (Å²) >= 11 is 0. The first-order valence-electron chi connectivity index (χ1n) is 41.3. The van der Waals surface area contributed by atoms with E-state index in [0.717, 1.165) is 189 Å². The highest BCUT2D eigenvalue weighted by Gasteiger charge is 2.36. The van der Waals surface area contributed by atoms with Crippen LogP contribution < -0.4 is 0 Å². The number of furan rings is 3. The summed E-state index contributed by atoms with van der Waals surface area (Å²) in [5.41, 5.74) is 33.7. The second-order valence-corrected chi connectivity index (χ2v) is 31.9. The van der Waals surface area contributed by atoms with Crippen LogP contribution in [0.5, 0.6) is 0 Å². The van der Waals surface area contributed by atoms with Crippen LogP contribution >= 0.6 is 0 Å². The third-order valence-electron chi connectivity index (χ3n) is 24.2. The zero-order valence-electron chi connectivity index (χ0n) is 66.5. The molecule has 24 aromatic rings. The number of benzene rings is 17. The Kier molecular flexibility index (Phi) is 17.1. The molecule has 0 radical (unpaired) electrons. The standard InChI is InChI=1S/C42H26N2O.C39H26N2O.C32H20N2O/c1-3-12-27(13-4-1)41-42(28-14-5-2-6-15-28)44-37-26-29(22-25-36(37)43-41)30-23-24-33(32-17-8-7-16-31(30)32)34-19-11-21-39-40(34)35-18-9-10-20-38(35)45-39;1-39(2)32-21-26(13-15-27(32)30-18-23-8-3-4-9-24(23)20-33(30)39)38-29-11-7-17-40-35(29)22-34(41-38)25-14-16-37-31(19-25)28-10-5-6-12-36(28)42-37;1-3-9-21(10-4-1)31-32(22-11-5-2-6-12-22)34-28-20-24(15-17-27(28)33-31)23-16-18-30-26(19-23)25-13-7-8-14-29(25)35-30/h1-26H;3-22H,1-2H3;1-20H. The van der Waals surface area contributed by atoms with Gasteiger partial charge in [-0.2, -0.15) is 0 Å². The average molecular weight is 1560 g/mol. The minimum absolute atomic E-state index is 0.121. The van der Waals surface area contributed by atoms with E-state index in [9.17, 15) is 0 Å². The van der Waals surface area contributed by atoms with Crippen molar-refractivity contribution in [3.63, 3.8) is 0 Å². The van der Waals surface area contributed by atoms with Crippen LogP contribution in [-0.4, -0.2) is 29.9 Å². The molecule has 9 nitrogen and oxygen atoms in total. The number of hydrogen-bond acceptors (Lipinski definition) is 9. The minimum atomic E-state index is -0.121. The summed E-state index contributed by atoms with van der Waals surface area (Å²) in [6.45, 7) is 4.67. The quantitative estimate of drug-likeness (QED) is 0.139. The van der Waals surface area contributed by atoms with Crippen molar-refractivity contribution in [3.8, 4) is 112 Å². The molecule has 122 heavy (non-hydrogen) atoms. The molecular weight excluding hydrogens is 1490 g/mol. The van der Waals surface area contributed by atoms with Gasteiger partial charge in [0.25, 0.3) is 0 Å². The summed E-state index contributed by atoms with van der Waals surface area (Å²) in [6.07, 6.45) is 1.86. The van der Waals surface area contributed by atoms with Crippen molar-refractivity contribution in [2.75, 3.05) is 0 Å². The van der Waals surface area contributed by atoms with E-state index in [-0.39, 0.29) is 5.41 Å². The predicted octanol–water partition coefficient (Wildman–Crippen LogP) is 30.2. The lowest BCUT2D eigenvalue weighted by Crippen LogP contribution is -2.15. The van der Waals surface area contributed by atoms with Gasteiger partial charge in [0.15, 0.2) is 0 Å². The highest BCUT2D eigenvalue weighted by atomic mass is 16.3. The lowest BCUT2D eigenvalue weighted by Gasteiger charge is -2.22. The molecule has 7 heterocycles. The van der Waals surface area contributed by atoms with Gasteiger partial charge in [0, 0.05) is 82.7 Å². The Morgan fingerprint density at radius 2 is 0.623 bits per heavy atom. The Balaban J connectivity index is 0.000000107. The van der Waals surface area contributed by atoms with E-state index in [1.807, 2.05) is 134 Å². The van der Waals surface area contributed by atoms with Gasteiger partial charge in [0.1, 0.15) is 33.5 Å². The SMILES string of the molecule is CC1(C)c2cc(-c3nc(-c4ccc5oc6ccccc6c5c4)cc4ncccc34)ccc2-c2cc3ccccc3cc21.c1ccc(-c2nc3ccc(-c4ccc(-c5cccc6oc7ccccc7c56)c5ccccc45)cc3nc2-c2ccccc2)cc1.c1ccc(-c2nc3ccc(-c4ccc5oc6ccccc6c5c4)cc3nc2-c2ccccc2)cc1. The second-order valence-electron chi connectivity index (χ2n) is 31.9. The summed E-state index contributed by atoms with van der Waals surface area (Å²) in [5.74, 6) is 0. The maximum atomic E-state index is 6.23. The smallest absolute Gasteiger partial charge is 0.136 e. The van der Waals surface area contributed by atoms with Crippen molar-refractivity contribution in [1.82, 2.24) is 29.9 Å². The molecule has 0 saturated carbocycles. The Morgan fingerprint density at radius 3 is 1.23 bits per heavy atom. The molecule has 0 amide bonds. The van der Waals surface area contributed by atoms with Gasteiger partial charge in [-0.15, -0.1) is 0 Å². The van der Waals surface area contributed by atoms with Crippen molar-refractivity contribution >= 4 is 120 Å². The Bertz CT molecular complexity index is 8300. The molecule has 0 aliphatic heterocycles. The summed E-state index contributed by atoms with van der Waals surface area (Å²) in [6, 6.07) is 137. The van der Waals surface area contributed by atoms with Crippen molar-refractivity contribution in [1.29, 1.82) is 0 Å². The largest absolute Gasteiger partial charge is 0.456 e. The normalized spacial score (nSPS) is 12.2. The zero-order chi connectivity index (χ0) is 80.9. The number of fused-ring (bicyclic) bond motifs is 17. The first-order valence-corrected chi connectivity index (χ1v) is 41.3. The van der Waals surface area contributed by atoms with Gasteiger partial charge in [0.05, 0.1) is 61.7 Å². The monoisotopic (exact) mass is 1560 g/mol. The lowest BCUT2D eigenvalue weighted by atomic mass is 9.81. The lowest BCUT2D eigenvalue weighted by molar-refractivity contribution is 0.661. The van der Waals surface area contributed by atoms with E-state index in [2.05, 4.69) is 281 Å². The second kappa shape index (κ2) is 29.2. The Morgan fingerprint density at radius 1 is 0.205 bits per heavy atom. The van der Waals surface area contributed by atoms with Crippen LogP contribution in [-0.2, 0) is 5.41 Å². The van der Waals surface area contributed by atoms with Crippen LogP contribution in [0.25, 0.3) is 232 Å². The van der Waals surface area contributed by atoms with Crippen molar-refractivity contribution < 1.29 is 13.3 Å². The van der Waals surface area contributed by atoms with E-state index in [0.29, 0.717) is 0 Å². The molecule has 0 saturated heterocycles. The van der Waals surface area contributed by atoms with Crippen LogP contribution in [0.15, 0.2) is 414 Å². The molecule has 1 aliphatic carbocycles. The van der Waals surface area contributed by atoms with E-state index < -0.39 is 0 Å². The third kappa shape index (κ3) is 12.4. The molecule has 0 N–H and O–H groups in total. The molecule has 572 valence electrons. The van der Waals surface area contributed by atoms with Gasteiger partial charge in [-0.3, -0.25) is 4.98 Å². The highest BCUT2D eigenvalue weighted by molar-refractivity contribution is 6.17. The maximum Gasteiger partial charge on any atom is 0.136 e. The zero-order valence-corrected chi connectivity index (χ0v) is 66.5. The van der Waals surface area contributed by atoms with E-state index in [1.165, 1.54) is 54.9 Å². The highest BCUT2D eigenvalue weighted by Crippen LogP contribution is 2.52.